The largest absolute Gasteiger partial charge is 0.340 e. The van der Waals surface area contributed by atoms with Crippen LogP contribution in [0.15, 0.2) is 30.6 Å². The first kappa shape index (κ1) is 22.9. The summed E-state index contributed by atoms with van der Waals surface area (Å²) in [5, 5.41) is 3.39. The average molecular weight is 428 g/mol. The maximum atomic E-state index is 12.5. The number of pyridine rings is 1. The van der Waals surface area contributed by atoms with E-state index in [0.29, 0.717) is 5.91 Å². The van der Waals surface area contributed by atoms with Crippen molar-refractivity contribution in [3.8, 4) is 0 Å². The number of carbonyl (C=O) groups is 1. The van der Waals surface area contributed by atoms with Crippen molar-refractivity contribution < 1.29 is 4.79 Å². The first-order valence-electron chi connectivity index (χ1n) is 9.91. The number of piperazine rings is 1. The van der Waals surface area contributed by atoms with Crippen LogP contribution in [0.5, 0.6) is 0 Å². The van der Waals surface area contributed by atoms with Crippen molar-refractivity contribution in [1.29, 1.82) is 0 Å². The van der Waals surface area contributed by atoms with Gasteiger partial charge in [0.1, 0.15) is 5.65 Å². The number of fused-ring (bicyclic) bond motifs is 1. The zero-order chi connectivity index (χ0) is 17.8. The number of carbonyl (C=O) groups excluding carboxylic acids is 1. The molecule has 0 spiro atoms. The standard InChI is InChI=1S/C20H29N5O.2ClH/c26-20(5-4-17-6-8-21-9-7-17)24-13-11-23(12-14-24)15-18-16-25-10-2-1-3-19(25)22-18;;/h1-3,10,16-17,21H,4-9,11-15H2;2*1H. The van der Waals surface area contributed by atoms with Crippen LogP contribution in [-0.4, -0.2) is 64.4 Å². The molecule has 4 heterocycles. The zero-order valence-electron chi connectivity index (χ0n) is 16.3. The van der Waals surface area contributed by atoms with Crippen molar-refractivity contribution in [2.24, 2.45) is 5.92 Å². The van der Waals surface area contributed by atoms with Gasteiger partial charge >= 0.3 is 0 Å². The Hall–Kier alpha value is -1.34. The number of nitrogens with one attached hydrogen (secondary N) is 1. The minimum atomic E-state index is 0. The summed E-state index contributed by atoms with van der Waals surface area (Å²) >= 11 is 0. The summed E-state index contributed by atoms with van der Waals surface area (Å²) in [6.45, 7) is 6.65. The lowest BCUT2D eigenvalue weighted by Gasteiger charge is -2.34. The molecular formula is C20H31Cl2N5O. The molecule has 0 radical (unpaired) electrons. The molecule has 2 aromatic heterocycles. The molecule has 0 aromatic carbocycles. The summed E-state index contributed by atoms with van der Waals surface area (Å²) in [5.74, 6) is 1.08. The molecule has 4 rings (SSSR count). The van der Waals surface area contributed by atoms with Gasteiger partial charge in [-0.15, -0.1) is 24.8 Å². The Kier molecular flexibility index (Phi) is 9.02. The highest BCUT2D eigenvalue weighted by Crippen LogP contribution is 2.19. The first-order valence-corrected chi connectivity index (χ1v) is 9.91. The van der Waals surface area contributed by atoms with Gasteiger partial charge in [-0.3, -0.25) is 9.69 Å². The second kappa shape index (κ2) is 11.0. The van der Waals surface area contributed by atoms with Gasteiger partial charge in [0.2, 0.25) is 5.91 Å². The monoisotopic (exact) mass is 427 g/mol. The number of halogens is 2. The van der Waals surface area contributed by atoms with E-state index in [4.69, 9.17) is 0 Å². The lowest BCUT2D eigenvalue weighted by atomic mass is 9.93. The van der Waals surface area contributed by atoms with Gasteiger partial charge < -0.3 is 14.6 Å². The summed E-state index contributed by atoms with van der Waals surface area (Å²) in [4.78, 5) is 21.6. The van der Waals surface area contributed by atoms with Crippen molar-refractivity contribution in [3.63, 3.8) is 0 Å². The van der Waals surface area contributed by atoms with Gasteiger partial charge in [-0.1, -0.05) is 6.07 Å². The molecule has 6 nitrogen and oxygen atoms in total. The molecule has 0 aliphatic carbocycles. The van der Waals surface area contributed by atoms with Crippen LogP contribution >= 0.6 is 24.8 Å². The zero-order valence-corrected chi connectivity index (χ0v) is 17.9. The van der Waals surface area contributed by atoms with E-state index in [9.17, 15) is 4.79 Å². The van der Waals surface area contributed by atoms with Gasteiger partial charge in [0.25, 0.3) is 0 Å². The fraction of sp³-hybridized carbons (Fsp3) is 0.600. The van der Waals surface area contributed by atoms with E-state index in [1.54, 1.807) is 0 Å². The lowest BCUT2D eigenvalue weighted by Crippen LogP contribution is -2.48. The quantitative estimate of drug-likeness (QED) is 0.796. The van der Waals surface area contributed by atoms with Crippen LogP contribution in [-0.2, 0) is 11.3 Å². The predicted octanol–water partition coefficient (Wildman–Crippen LogP) is 2.60. The van der Waals surface area contributed by atoms with Gasteiger partial charge in [-0.25, -0.2) is 4.98 Å². The molecule has 1 N–H and O–H groups in total. The normalized spacial score (nSPS) is 18.5. The Labute approximate surface area is 179 Å². The van der Waals surface area contributed by atoms with E-state index in [1.165, 1.54) is 12.8 Å². The predicted molar refractivity (Wildman–Crippen MR) is 116 cm³/mol. The molecule has 2 aliphatic heterocycles. The van der Waals surface area contributed by atoms with Gasteiger partial charge in [0.15, 0.2) is 0 Å². The van der Waals surface area contributed by atoms with Crippen LogP contribution in [0.2, 0.25) is 0 Å². The number of hydrogen-bond acceptors (Lipinski definition) is 4. The molecule has 2 saturated heterocycles. The molecule has 1 amide bonds. The van der Waals surface area contributed by atoms with Crippen LogP contribution in [0.1, 0.15) is 31.4 Å². The molecule has 0 unspecified atom stereocenters. The van der Waals surface area contributed by atoms with Crippen molar-refractivity contribution in [2.45, 2.75) is 32.2 Å². The summed E-state index contributed by atoms with van der Waals surface area (Å²) in [6.07, 6.45) is 8.36. The summed E-state index contributed by atoms with van der Waals surface area (Å²) in [6, 6.07) is 6.06. The Morgan fingerprint density at radius 3 is 2.57 bits per heavy atom. The van der Waals surface area contributed by atoms with E-state index in [0.717, 1.165) is 75.9 Å². The van der Waals surface area contributed by atoms with Gasteiger partial charge in [-0.2, -0.15) is 0 Å². The second-order valence-corrected chi connectivity index (χ2v) is 7.59. The van der Waals surface area contributed by atoms with Crippen molar-refractivity contribution in [2.75, 3.05) is 39.3 Å². The smallest absolute Gasteiger partial charge is 0.222 e. The van der Waals surface area contributed by atoms with E-state index in [2.05, 4.69) is 30.7 Å². The summed E-state index contributed by atoms with van der Waals surface area (Å²) in [7, 11) is 0. The first-order chi connectivity index (χ1) is 12.8. The number of rotatable bonds is 5. The van der Waals surface area contributed by atoms with E-state index in [-0.39, 0.29) is 24.8 Å². The van der Waals surface area contributed by atoms with Crippen molar-refractivity contribution in [3.05, 3.63) is 36.3 Å². The maximum absolute atomic E-state index is 12.5. The Bertz CT molecular complexity index is 706. The molecule has 8 heteroatoms. The van der Waals surface area contributed by atoms with Crippen LogP contribution in [0.25, 0.3) is 5.65 Å². The minimum absolute atomic E-state index is 0. The highest BCUT2D eigenvalue weighted by atomic mass is 35.5. The van der Waals surface area contributed by atoms with E-state index >= 15 is 0 Å². The molecule has 2 aromatic rings. The Morgan fingerprint density at radius 2 is 1.86 bits per heavy atom. The number of imidazole rings is 1. The van der Waals surface area contributed by atoms with E-state index in [1.807, 2.05) is 24.4 Å². The minimum Gasteiger partial charge on any atom is -0.340 e. The number of amides is 1. The fourth-order valence-electron chi connectivity index (χ4n) is 4.10. The van der Waals surface area contributed by atoms with Gasteiger partial charge in [0.05, 0.1) is 5.69 Å². The molecule has 156 valence electrons. The molecule has 2 aliphatic rings. The summed E-state index contributed by atoms with van der Waals surface area (Å²) < 4.78 is 2.07. The highest BCUT2D eigenvalue weighted by molar-refractivity contribution is 5.85. The number of piperidine rings is 1. The number of hydrogen-bond donors (Lipinski definition) is 1. The third-order valence-corrected chi connectivity index (χ3v) is 5.75. The highest BCUT2D eigenvalue weighted by Gasteiger charge is 2.23. The summed E-state index contributed by atoms with van der Waals surface area (Å²) in [5.41, 5.74) is 2.09. The molecule has 0 bridgehead atoms. The number of aromatic nitrogens is 2. The topological polar surface area (TPSA) is 52.9 Å². The van der Waals surface area contributed by atoms with E-state index < -0.39 is 0 Å². The van der Waals surface area contributed by atoms with Crippen LogP contribution in [0.4, 0.5) is 0 Å². The maximum Gasteiger partial charge on any atom is 0.222 e. The Balaban J connectivity index is 0.00000140. The lowest BCUT2D eigenvalue weighted by molar-refractivity contribution is -0.133. The second-order valence-electron chi connectivity index (χ2n) is 7.59. The van der Waals surface area contributed by atoms with Crippen LogP contribution in [0.3, 0.4) is 0 Å². The fourth-order valence-corrected chi connectivity index (χ4v) is 4.10. The van der Waals surface area contributed by atoms with Crippen molar-refractivity contribution in [1.82, 2.24) is 24.5 Å². The Morgan fingerprint density at radius 1 is 1.11 bits per heavy atom. The van der Waals surface area contributed by atoms with Crippen LogP contribution in [0, 0.1) is 5.92 Å². The van der Waals surface area contributed by atoms with Crippen LogP contribution < -0.4 is 5.32 Å². The third kappa shape index (κ3) is 5.83. The SMILES string of the molecule is Cl.Cl.O=C(CCC1CCNCC1)N1CCN(Cc2cn3ccccc3n2)CC1. The average Bonchev–Trinajstić information content (AvgIpc) is 3.10. The molecular weight excluding hydrogens is 397 g/mol. The van der Waals surface area contributed by atoms with Gasteiger partial charge in [0, 0.05) is 51.5 Å². The number of nitrogens with zero attached hydrogens (tertiary/aromatic N) is 4. The third-order valence-electron chi connectivity index (χ3n) is 5.75. The van der Waals surface area contributed by atoms with Crippen molar-refractivity contribution >= 4 is 36.4 Å². The molecule has 28 heavy (non-hydrogen) atoms. The van der Waals surface area contributed by atoms with Gasteiger partial charge in [-0.05, 0) is 50.4 Å². The molecule has 0 saturated carbocycles. The molecule has 0 atom stereocenters. The molecule has 2 fully saturated rings.